The number of carbonyl (C=O) groups excluding carboxylic acids is 1. The molecule has 9 heteroatoms. The van der Waals surface area contributed by atoms with Crippen LogP contribution in [0.25, 0.3) is 0 Å². The van der Waals surface area contributed by atoms with Gasteiger partial charge in [0.25, 0.3) is 5.91 Å². The Morgan fingerprint density at radius 3 is 2.78 bits per heavy atom. The van der Waals surface area contributed by atoms with Gasteiger partial charge in [0.15, 0.2) is 0 Å². The molecular weight excluding hydrogens is 429 g/mol. The van der Waals surface area contributed by atoms with Gasteiger partial charge < -0.3 is 15.4 Å². The molecule has 150 valence electrons. The van der Waals surface area contributed by atoms with Gasteiger partial charge in [-0.3, -0.25) is 4.79 Å². The van der Waals surface area contributed by atoms with Crippen molar-refractivity contribution >= 4 is 53.7 Å². The van der Waals surface area contributed by atoms with Crippen LogP contribution in [-0.4, -0.2) is 30.5 Å². The number of ether oxygens (including phenoxy) is 1. The summed E-state index contributed by atoms with van der Waals surface area (Å²) in [5, 5.41) is 7.81. The second-order valence-corrected chi connectivity index (χ2v) is 7.69. The highest BCUT2D eigenvalue weighted by Gasteiger charge is 2.17. The Morgan fingerprint density at radius 2 is 2.11 bits per heavy atom. The predicted molar refractivity (Wildman–Crippen MR) is 115 cm³/mol. The van der Waals surface area contributed by atoms with Gasteiger partial charge in [0.05, 0.1) is 5.69 Å². The first-order valence-electron chi connectivity index (χ1n) is 8.45. The molecule has 1 atom stereocenters. The van der Waals surface area contributed by atoms with E-state index in [2.05, 4.69) is 15.6 Å². The zero-order valence-electron chi connectivity index (χ0n) is 15.0. The summed E-state index contributed by atoms with van der Waals surface area (Å²) in [6.07, 6.45) is 2.21. The van der Waals surface area contributed by atoms with Crippen molar-refractivity contribution in [3.63, 3.8) is 0 Å². The monoisotopic (exact) mass is 451 g/mol. The van der Waals surface area contributed by atoms with E-state index < -0.39 is 0 Å². The number of halogens is 3. The smallest absolute Gasteiger partial charge is 0.263 e. The number of benzene rings is 1. The van der Waals surface area contributed by atoms with Crippen LogP contribution in [0.3, 0.4) is 0 Å². The zero-order valence-corrected chi connectivity index (χ0v) is 18.2. The quantitative estimate of drug-likeness (QED) is 0.659. The van der Waals surface area contributed by atoms with Gasteiger partial charge in [-0.1, -0.05) is 11.6 Å². The topological polar surface area (TPSA) is 63.2 Å². The van der Waals surface area contributed by atoms with Crippen molar-refractivity contribution in [3.8, 4) is 5.75 Å². The fourth-order valence-electron chi connectivity index (χ4n) is 2.83. The van der Waals surface area contributed by atoms with Gasteiger partial charge in [0.1, 0.15) is 22.2 Å². The van der Waals surface area contributed by atoms with Gasteiger partial charge in [0.2, 0.25) is 0 Å². The highest BCUT2D eigenvalue weighted by atomic mass is 35.5. The van der Waals surface area contributed by atoms with Crippen molar-refractivity contribution in [1.82, 2.24) is 15.6 Å². The second-order valence-electron chi connectivity index (χ2n) is 6.17. The maximum atomic E-state index is 12.4. The van der Waals surface area contributed by atoms with Gasteiger partial charge >= 0.3 is 0 Å². The molecule has 1 aromatic carbocycles. The standard InChI is InChI=1S/C18H22ClN3O2S.2ClH/c1-12-17(18(23)21-9-7-13-6-8-20-10-13)25-16(22-12)11-24-15-4-2-14(19)3-5-15;;/h2-5,13,20H,6-11H2,1H3,(H,21,23);2*1H. The van der Waals surface area contributed by atoms with Crippen LogP contribution in [0.1, 0.15) is 33.2 Å². The summed E-state index contributed by atoms with van der Waals surface area (Å²) < 4.78 is 5.69. The number of aryl methyl sites for hydroxylation is 1. The predicted octanol–water partition coefficient (Wildman–Crippen LogP) is 4.26. The molecule has 1 aliphatic rings. The fraction of sp³-hybridized carbons (Fsp3) is 0.444. The molecule has 0 bridgehead atoms. The average Bonchev–Trinajstić information content (AvgIpc) is 3.24. The molecule has 5 nitrogen and oxygen atoms in total. The average molecular weight is 453 g/mol. The number of hydrogen-bond acceptors (Lipinski definition) is 5. The van der Waals surface area contributed by atoms with Crippen molar-refractivity contribution in [2.24, 2.45) is 5.92 Å². The van der Waals surface area contributed by atoms with E-state index in [0.717, 1.165) is 36.0 Å². The normalized spacial score (nSPS) is 15.6. The molecule has 2 aromatic rings. The van der Waals surface area contributed by atoms with Crippen LogP contribution < -0.4 is 15.4 Å². The Labute approximate surface area is 181 Å². The molecule has 0 radical (unpaired) electrons. The lowest BCUT2D eigenvalue weighted by Gasteiger charge is -2.08. The van der Waals surface area contributed by atoms with Gasteiger partial charge in [-0.2, -0.15) is 0 Å². The first kappa shape index (κ1) is 24.0. The third kappa shape index (κ3) is 7.12. The maximum absolute atomic E-state index is 12.4. The highest BCUT2D eigenvalue weighted by Crippen LogP contribution is 2.21. The van der Waals surface area contributed by atoms with Gasteiger partial charge in [-0.25, -0.2) is 4.98 Å². The lowest BCUT2D eigenvalue weighted by molar-refractivity contribution is 0.0955. The Morgan fingerprint density at radius 1 is 1.37 bits per heavy atom. The van der Waals surface area contributed by atoms with Crippen LogP contribution in [0.2, 0.25) is 5.02 Å². The third-order valence-corrected chi connectivity index (χ3v) is 5.61. The summed E-state index contributed by atoms with van der Waals surface area (Å²) in [7, 11) is 0. The van der Waals surface area contributed by atoms with Crippen molar-refractivity contribution in [2.45, 2.75) is 26.4 Å². The van der Waals surface area contributed by atoms with E-state index in [0.29, 0.717) is 29.0 Å². The molecule has 1 aliphatic heterocycles. The van der Waals surface area contributed by atoms with Crippen molar-refractivity contribution in [2.75, 3.05) is 19.6 Å². The Kier molecular flexibility index (Phi) is 10.4. The van der Waals surface area contributed by atoms with E-state index in [-0.39, 0.29) is 30.7 Å². The van der Waals surface area contributed by atoms with E-state index in [9.17, 15) is 4.79 Å². The van der Waals surface area contributed by atoms with Crippen LogP contribution in [0.15, 0.2) is 24.3 Å². The molecule has 1 fully saturated rings. The molecule has 0 spiro atoms. The lowest BCUT2D eigenvalue weighted by atomic mass is 10.1. The molecule has 1 amide bonds. The number of rotatable bonds is 7. The van der Waals surface area contributed by atoms with Crippen molar-refractivity contribution in [3.05, 3.63) is 44.9 Å². The maximum Gasteiger partial charge on any atom is 0.263 e. The molecule has 0 saturated carbocycles. The largest absolute Gasteiger partial charge is 0.486 e. The minimum Gasteiger partial charge on any atom is -0.486 e. The Bertz CT molecular complexity index is 719. The zero-order chi connectivity index (χ0) is 17.6. The first-order chi connectivity index (χ1) is 12.1. The summed E-state index contributed by atoms with van der Waals surface area (Å²) in [6.45, 7) is 5.05. The third-order valence-electron chi connectivity index (χ3n) is 4.22. The molecule has 1 unspecified atom stereocenters. The molecular formula is C18H24Cl3N3O2S. The molecule has 27 heavy (non-hydrogen) atoms. The van der Waals surface area contributed by atoms with Crippen LogP contribution in [-0.2, 0) is 6.61 Å². The highest BCUT2D eigenvalue weighted by molar-refractivity contribution is 7.13. The summed E-state index contributed by atoms with van der Waals surface area (Å²) in [5.74, 6) is 1.36. The van der Waals surface area contributed by atoms with E-state index in [1.165, 1.54) is 17.8 Å². The summed E-state index contributed by atoms with van der Waals surface area (Å²) in [6, 6.07) is 7.19. The van der Waals surface area contributed by atoms with E-state index >= 15 is 0 Å². The second kappa shape index (κ2) is 11.7. The summed E-state index contributed by atoms with van der Waals surface area (Å²) >= 11 is 7.24. The lowest BCUT2D eigenvalue weighted by Crippen LogP contribution is -2.26. The van der Waals surface area contributed by atoms with Gasteiger partial charge in [-0.05, 0) is 63.0 Å². The van der Waals surface area contributed by atoms with Crippen LogP contribution in [0.4, 0.5) is 0 Å². The molecule has 1 saturated heterocycles. The van der Waals surface area contributed by atoms with Crippen molar-refractivity contribution in [1.29, 1.82) is 0 Å². The minimum absolute atomic E-state index is 0. The minimum atomic E-state index is -0.0429. The molecule has 2 heterocycles. The number of nitrogens with one attached hydrogen (secondary N) is 2. The van der Waals surface area contributed by atoms with Crippen molar-refractivity contribution < 1.29 is 9.53 Å². The molecule has 2 N–H and O–H groups in total. The number of nitrogens with zero attached hydrogens (tertiary/aromatic N) is 1. The number of aromatic nitrogens is 1. The number of carbonyl (C=O) groups is 1. The van der Waals surface area contributed by atoms with Crippen LogP contribution in [0.5, 0.6) is 5.75 Å². The number of thiazole rings is 1. The summed E-state index contributed by atoms with van der Waals surface area (Å²) in [5.41, 5.74) is 0.750. The molecule has 3 rings (SSSR count). The molecule has 0 aliphatic carbocycles. The van der Waals surface area contributed by atoms with Crippen LogP contribution in [0, 0.1) is 12.8 Å². The van der Waals surface area contributed by atoms with E-state index in [4.69, 9.17) is 16.3 Å². The van der Waals surface area contributed by atoms with Gasteiger partial charge in [0, 0.05) is 11.6 Å². The number of hydrogen-bond donors (Lipinski definition) is 2. The Hall–Kier alpha value is -1.05. The number of amides is 1. The summed E-state index contributed by atoms with van der Waals surface area (Å²) in [4.78, 5) is 17.5. The van der Waals surface area contributed by atoms with Gasteiger partial charge in [-0.15, -0.1) is 36.2 Å². The molecule has 1 aromatic heterocycles. The first-order valence-corrected chi connectivity index (χ1v) is 9.65. The fourth-order valence-corrected chi connectivity index (χ4v) is 3.85. The SMILES string of the molecule is Cc1nc(COc2ccc(Cl)cc2)sc1C(=O)NCCC1CCNC1.Cl.Cl. The van der Waals surface area contributed by atoms with E-state index in [1.807, 2.05) is 19.1 Å². The van der Waals surface area contributed by atoms with E-state index in [1.54, 1.807) is 12.1 Å². The van der Waals surface area contributed by atoms with Crippen LogP contribution >= 0.6 is 47.8 Å². The Balaban J connectivity index is 0.00000182.